The zero-order chi connectivity index (χ0) is 18.5. The molecule has 0 atom stereocenters. The Labute approximate surface area is 142 Å². The van der Waals surface area contributed by atoms with E-state index in [1.54, 1.807) is 40.7 Å². The van der Waals surface area contributed by atoms with E-state index in [-0.39, 0.29) is 30.4 Å². The summed E-state index contributed by atoms with van der Waals surface area (Å²) in [6.45, 7) is 8.46. The Morgan fingerprint density at radius 3 is 2.29 bits per heavy atom. The van der Waals surface area contributed by atoms with Crippen LogP contribution < -0.4 is 10.6 Å². The van der Waals surface area contributed by atoms with Crippen molar-refractivity contribution < 1.29 is 24.5 Å². The van der Waals surface area contributed by atoms with E-state index in [0.29, 0.717) is 5.56 Å². The van der Waals surface area contributed by atoms with Gasteiger partial charge in [-0.3, -0.25) is 4.79 Å². The first kappa shape index (κ1) is 19.8. The van der Waals surface area contributed by atoms with Crippen LogP contribution in [0.4, 0.5) is 10.5 Å². The van der Waals surface area contributed by atoms with Gasteiger partial charge in [-0.25, -0.2) is 4.79 Å². The number of rotatable bonds is 5. The molecule has 1 rings (SSSR count). The fraction of sp³-hybridized carbons (Fsp3) is 0.529. The van der Waals surface area contributed by atoms with Gasteiger partial charge in [0.1, 0.15) is 11.4 Å². The van der Waals surface area contributed by atoms with E-state index in [1.165, 1.54) is 12.1 Å². The van der Waals surface area contributed by atoms with Crippen LogP contribution in [0.25, 0.3) is 0 Å². The topological polar surface area (TPSA) is 108 Å². The second-order valence-corrected chi connectivity index (χ2v) is 7.25. The molecule has 0 unspecified atom stereocenters. The van der Waals surface area contributed by atoms with Crippen LogP contribution in [-0.2, 0) is 16.1 Å². The number of nitrogens with one attached hydrogen (secondary N) is 2. The number of phenols is 1. The first-order valence-electron chi connectivity index (χ1n) is 7.66. The second kappa shape index (κ2) is 7.53. The van der Waals surface area contributed by atoms with Gasteiger partial charge in [-0.1, -0.05) is 6.07 Å². The van der Waals surface area contributed by atoms with Crippen LogP contribution >= 0.6 is 0 Å². The number of hydrogen-bond acceptors (Lipinski definition) is 5. The highest BCUT2D eigenvalue weighted by Crippen LogP contribution is 2.25. The summed E-state index contributed by atoms with van der Waals surface area (Å²) in [4.78, 5) is 23.9. The van der Waals surface area contributed by atoms with Crippen molar-refractivity contribution in [1.82, 2.24) is 5.32 Å². The van der Waals surface area contributed by atoms with E-state index in [1.807, 2.05) is 0 Å². The number of aliphatic hydroxyl groups excluding tert-OH is 1. The van der Waals surface area contributed by atoms with Crippen LogP contribution in [-0.4, -0.2) is 33.4 Å². The number of hydrogen-bond donors (Lipinski definition) is 4. The standard InChI is InChI=1S/C17H26N2O5/c1-16(2,3)24-15(23)19-17(4,5)9-14(22)18-12-7-6-11(10-20)8-13(12)21/h6-8,20-21H,9-10H2,1-5H3,(H,18,22)(H,19,23). The summed E-state index contributed by atoms with van der Waals surface area (Å²) in [5.41, 5.74) is -0.668. The Morgan fingerprint density at radius 2 is 1.79 bits per heavy atom. The maximum atomic E-state index is 12.1. The third-order valence-electron chi connectivity index (χ3n) is 2.96. The normalized spacial score (nSPS) is 11.8. The van der Waals surface area contributed by atoms with E-state index >= 15 is 0 Å². The van der Waals surface area contributed by atoms with Crippen molar-refractivity contribution in [1.29, 1.82) is 0 Å². The number of aromatic hydroxyl groups is 1. The van der Waals surface area contributed by atoms with E-state index in [0.717, 1.165) is 0 Å². The molecule has 0 fully saturated rings. The fourth-order valence-electron chi connectivity index (χ4n) is 2.00. The molecular weight excluding hydrogens is 312 g/mol. The average Bonchev–Trinajstić information content (AvgIpc) is 2.37. The lowest BCUT2D eigenvalue weighted by atomic mass is 10.0. The Morgan fingerprint density at radius 1 is 1.17 bits per heavy atom. The molecular formula is C17H26N2O5. The van der Waals surface area contributed by atoms with Gasteiger partial charge in [-0.2, -0.15) is 0 Å². The highest BCUT2D eigenvalue weighted by Gasteiger charge is 2.27. The molecule has 1 aromatic carbocycles. The third kappa shape index (κ3) is 6.87. The zero-order valence-electron chi connectivity index (χ0n) is 14.8. The molecule has 7 heteroatoms. The monoisotopic (exact) mass is 338 g/mol. The SMILES string of the molecule is CC(C)(CC(=O)Nc1ccc(CO)cc1O)NC(=O)OC(C)(C)C. The minimum absolute atomic E-state index is 0.00651. The van der Waals surface area contributed by atoms with Crippen molar-refractivity contribution in [3.8, 4) is 5.75 Å². The quantitative estimate of drug-likeness (QED) is 0.617. The van der Waals surface area contributed by atoms with Crippen LogP contribution in [0.2, 0.25) is 0 Å². The summed E-state index contributed by atoms with van der Waals surface area (Å²) in [6.07, 6.45) is -0.608. The van der Waals surface area contributed by atoms with E-state index in [2.05, 4.69) is 10.6 Å². The molecule has 0 saturated carbocycles. The van der Waals surface area contributed by atoms with Crippen molar-refractivity contribution in [2.75, 3.05) is 5.32 Å². The maximum absolute atomic E-state index is 12.1. The lowest BCUT2D eigenvalue weighted by molar-refractivity contribution is -0.117. The van der Waals surface area contributed by atoms with Gasteiger partial charge < -0.3 is 25.6 Å². The first-order chi connectivity index (χ1) is 10.9. The van der Waals surface area contributed by atoms with Gasteiger partial charge in [0.25, 0.3) is 0 Å². The molecule has 134 valence electrons. The lowest BCUT2D eigenvalue weighted by Gasteiger charge is -2.28. The number of anilines is 1. The lowest BCUT2D eigenvalue weighted by Crippen LogP contribution is -2.47. The van der Waals surface area contributed by atoms with Crippen LogP contribution in [0.15, 0.2) is 18.2 Å². The number of phenolic OH excluding ortho intramolecular Hbond substituents is 1. The summed E-state index contributed by atoms with van der Waals surface area (Å²) in [6, 6.07) is 4.48. The number of amides is 2. The Hall–Kier alpha value is -2.28. The van der Waals surface area contributed by atoms with E-state index in [9.17, 15) is 14.7 Å². The van der Waals surface area contributed by atoms with Gasteiger partial charge in [-0.05, 0) is 52.3 Å². The molecule has 7 nitrogen and oxygen atoms in total. The van der Waals surface area contributed by atoms with Gasteiger partial charge in [0.15, 0.2) is 0 Å². The zero-order valence-corrected chi connectivity index (χ0v) is 14.8. The Balaban J connectivity index is 2.64. The van der Waals surface area contributed by atoms with Gasteiger partial charge in [0, 0.05) is 12.0 Å². The number of carbonyl (C=O) groups excluding carboxylic acids is 2. The molecule has 24 heavy (non-hydrogen) atoms. The predicted molar refractivity (Wildman–Crippen MR) is 90.7 cm³/mol. The number of aliphatic hydroxyl groups is 1. The van der Waals surface area contributed by atoms with Crippen molar-refractivity contribution in [3.63, 3.8) is 0 Å². The van der Waals surface area contributed by atoms with E-state index < -0.39 is 17.2 Å². The number of ether oxygens (including phenoxy) is 1. The summed E-state index contributed by atoms with van der Waals surface area (Å²) >= 11 is 0. The molecule has 0 aromatic heterocycles. The van der Waals surface area contributed by atoms with Gasteiger partial charge >= 0.3 is 6.09 Å². The number of alkyl carbamates (subject to hydrolysis) is 1. The molecule has 0 bridgehead atoms. The van der Waals surface area contributed by atoms with Gasteiger partial charge in [0.2, 0.25) is 5.91 Å². The molecule has 0 aliphatic heterocycles. The number of carbonyl (C=O) groups is 2. The Bertz CT molecular complexity index is 605. The van der Waals surface area contributed by atoms with Crippen LogP contribution in [0.1, 0.15) is 46.6 Å². The summed E-state index contributed by atoms with van der Waals surface area (Å²) < 4.78 is 5.17. The number of benzene rings is 1. The first-order valence-corrected chi connectivity index (χ1v) is 7.66. The molecule has 0 aliphatic carbocycles. The van der Waals surface area contributed by atoms with Crippen molar-refractivity contribution in [3.05, 3.63) is 23.8 Å². The summed E-state index contributed by atoms with van der Waals surface area (Å²) in [5.74, 6) is -0.504. The molecule has 0 aliphatic rings. The van der Waals surface area contributed by atoms with Crippen molar-refractivity contribution in [2.45, 2.75) is 58.8 Å². The van der Waals surface area contributed by atoms with Crippen LogP contribution in [0.3, 0.4) is 0 Å². The van der Waals surface area contributed by atoms with Gasteiger partial charge in [-0.15, -0.1) is 0 Å². The van der Waals surface area contributed by atoms with Crippen LogP contribution in [0.5, 0.6) is 5.75 Å². The summed E-state index contributed by atoms with van der Waals surface area (Å²) in [5, 5.41) is 24.0. The fourth-order valence-corrected chi connectivity index (χ4v) is 2.00. The highest BCUT2D eigenvalue weighted by molar-refractivity contribution is 5.93. The molecule has 4 N–H and O–H groups in total. The highest BCUT2D eigenvalue weighted by atomic mass is 16.6. The van der Waals surface area contributed by atoms with E-state index in [4.69, 9.17) is 9.84 Å². The van der Waals surface area contributed by atoms with Gasteiger partial charge in [0.05, 0.1) is 12.3 Å². The van der Waals surface area contributed by atoms with Crippen LogP contribution in [0, 0.1) is 0 Å². The van der Waals surface area contributed by atoms with Crippen molar-refractivity contribution in [2.24, 2.45) is 0 Å². The molecule has 1 aromatic rings. The second-order valence-electron chi connectivity index (χ2n) is 7.25. The largest absolute Gasteiger partial charge is 0.506 e. The Kier molecular flexibility index (Phi) is 6.20. The smallest absolute Gasteiger partial charge is 0.408 e. The summed E-state index contributed by atoms with van der Waals surface area (Å²) in [7, 11) is 0. The predicted octanol–water partition coefficient (Wildman–Crippen LogP) is 2.52. The average molecular weight is 338 g/mol. The molecule has 0 spiro atoms. The minimum Gasteiger partial charge on any atom is -0.506 e. The minimum atomic E-state index is -0.826. The molecule has 0 saturated heterocycles. The molecule has 2 amide bonds. The van der Waals surface area contributed by atoms with Crippen molar-refractivity contribution >= 4 is 17.7 Å². The molecule has 0 radical (unpaired) electrons. The third-order valence-corrected chi connectivity index (χ3v) is 2.96. The molecule has 0 heterocycles. The maximum Gasteiger partial charge on any atom is 0.408 e.